The summed E-state index contributed by atoms with van der Waals surface area (Å²) in [7, 11) is 0. The predicted molar refractivity (Wildman–Crippen MR) is 267 cm³/mol. The second-order valence-electron chi connectivity index (χ2n) is 17.9. The van der Waals surface area contributed by atoms with E-state index >= 15 is 0 Å². The third-order valence-corrected chi connectivity index (χ3v) is 12.0. The molecule has 1 fully saturated rings. The van der Waals surface area contributed by atoms with Gasteiger partial charge in [0.05, 0.1) is 25.4 Å². The van der Waals surface area contributed by atoms with Crippen molar-refractivity contribution in [3.63, 3.8) is 0 Å². The molecule has 1 aliphatic heterocycles. The lowest BCUT2D eigenvalue weighted by Crippen LogP contribution is -2.60. The smallest absolute Gasteiger partial charge is 0.220 e. The Morgan fingerprint density at radius 1 is 0.547 bits per heavy atom. The number of aliphatic hydroxyl groups is 5. The van der Waals surface area contributed by atoms with E-state index in [-0.39, 0.29) is 18.9 Å². The van der Waals surface area contributed by atoms with Crippen molar-refractivity contribution >= 4 is 5.91 Å². The minimum atomic E-state index is -1.58. The van der Waals surface area contributed by atoms with Crippen LogP contribution in [0.25, 0.3) is 0 Å². The first-order valence-corrected chi connectivity index (χ1v) is 26.2. The number of nitrogens with one attached hydrogen (secondary N) is 1. The molecule has 9 nitrogen and oxygen atoms in total. The van der Waals surface area contributed by atoms with Gasteiger partial charge in [0.15, 0.2) is 6.29 Å². The van der Waals surface area contributed by atoms with Gasteiger partial charge in [-0.15, -0.1) is 0 Å². The molecule has 0 aliphatic carbocycles. The Morgan fingerprint density at radius 2 is 0.984 bits per heavy atom. The molecule has 0 aromatic carbocycles. The van der Waals surface area contributed by atoms with Gasteiger partial charge in [0.1, 0.15) is 24.4 Å². The number of aliphatic hydroxyl groups excluding tert-OH is 5. The largest absolute Gasteiger partial charge is 0.394 e. The number of allylic oxidation sites excluding steroid dienone is 11. The van der Waals surface area contributed by atoms with Crippen LogP contribution in [-0.2, 0) is 14.3 Å². The average Bonchev–Trinajstić information content (AvgIpc) is 3.29. The maximum atomic E-state index is 13.0. The van der Waals surface area contributed by atoms with Crippen LogP contribution in [-0.4, -0.2) is 87.5 Å². The van der Waals surface area contributed by atoms with Crippen molar-refractivity contribution in [2.45, 2.75) is 256 Å². The lowest BCUT2D eigenvalue weighted by molar-refractivity contribution is -0.302. The fraction of sp³-hybridized carbons (Fsp3) is 0.764. The molecule has 9 heteroatoms. The van der Waals surface area contributed by atoms with E-state index in [1.54, 1.807) is 6.08 Å². The SMILES string of the molecule is CC/C=C\C/C=C\C/C=C\C/C=C\CCCCC(=O)NC(COC1OC(CO)C(O)C(O)C1O)C(O)/C=C/CC/C=C/CCCCCCCCCCCCCCCCCCCCCC. The summed E-state index contributed by atoms with van der Waals surface area (Å²) in [4.78, 5) is 13.0. The first kappa shape index (κ1) is 59.6. The summed E-state index contributed by atoms with van der Waals surface area (Å²) >= 11 is 0. The van der Waals surface area contributed by atoms with Gasteiger partial charge in [-0.2, -0.15) is 0 Å². The quantitative estimate of drug-likeness (QED) is 0.0262. The van der Waals surface area contributed by atoms with Crippen molar-refractivity contribution in [1.29, 1.82) is 0 Å². The van der Waals surface area contributed by atoms with Crippen LogP contribution < -0.4 is 5.32 Å². The summed E-state index contributed by atoms with van der Waals surface area (Å²) in [6.07, 6.45) is 54.0. The summed E-state index contributed by atoms with van der Waals surface area (Å²) in [6.45, 7) is 3.62. The van der Waals surface area contributed by atoms with Crippen LogP contribution in [0, 0.1) is 0 Å². The molecule has 1 aliphatic rings. The molecule has 7 unspecified atom stereocenters. The van der Waals surface area contributed by atoms with E-state index < -0.39 is 49.5 Å². The van der Waals surface area contributed by atoms with Crippen molar-refractivity contribution < 1.29 is 39.8 Å². The standard InChI is InChI=1S/C55H97NO8/c1-3-5-7-9-11-13-15-17-19-20-21-22-23-24-25-26-27-28-29-31-32-34-36-38-40-42-44-49(58)48(47-63-55-54(62)53(61)52(60)50(46-57)64-55)56-51(59)45-43-41-39-37-35-33-30-18-16-14-12-10-8-6-4-2/h6,8,12,14,18,30,34-37,42,44,48-50,52-55,57-58,60-62H,3-5,7,9-11,13,15-17,19-29,31-33,38-41,43,45-47H2,1-2H3,(H,56,59)/b8-6-,14-12-,30-18-,36-34+,37-35-,44-42+. The van der Waals surface area contributed by atoms with Crippen LogP contribution in [0.15, 0.2) is 72.9 Å². The summed E-state index contributed by atoms with van der Waals surface area (Å²) < 4.78 is 11.2. The van der Waals surface area contributed by atoms with Crippen LogP contribution in [0.1, 0.15) is 213 Å². The number of carbonyl (C=O) groups excluding carboxylic acids is 1. The van der Waals surface area contributed by atoms with Gasteiger partial charge in [0, 0.05) is 6.42 Å². The number of hydrogen-bond acceptors (Lipinski definition) is 8. The molecule has 64 heavy (non-hydrogen) atoms. The zero-order chi connectivity index (χ0) is 46.6. The minimum Gasteiger partial charge on any atom is -0.394 e. The summed E-state index contributed by atoms with van der Waals surface area (Å²) in [5.41, 5.74) is 0. The zero-order valence-corrected chi connectivity index (χ0v) is 40.8. The summed E-state index contributed by atoms with van der Waals surface area (Å²) in [5.74, 6) is -0.229. The zero-order valence-electron chi connectivity index (χ0n) is 40.8. The maximum absolute atomic E-state index is 13.0. The summed E-state index contributed by atoms with van der Waals surface area (Å²) in [5, 5.41) is 54.3. The highest BCUT2D eigenvalue weighted by atomic mass is 16.7. The second kappa shape index (κ2) is 44.5. The lowest BCUT2D eigenvalue weighted by atomic mass is 9.99. The second-order valence-corrected chi connectivity index (χ2v) is 17.9. The van der Waals surface area contributed by atoms with E-state index in [2.05, 4.69) is 79.9 Å². The van der Waals surface area contributed by atoms with Gasteiger partial charge in [-0.25, -0.2) is 0 Å². The topological polar surface area (TPSA) is 149 Å². The molecule has 370 valence electrons. The Kier molecular flexibility index (Phi) is 41.4. The van der Waals surface area contributed by atoms with E-state index in [4.69, 9.17) is 9.47 Å². The number of amides is 1. The molecular weight excluding hydrogens is 803 g/mol. The van der Waals surface area contributed by atoms with Crippen LogP contribution in [0.2, 0.25) is 0 Å². The molecule has 0 bridgehead atoms. The molecule has 0 saturated carbocycles. The van der Waals surface area contributed by atoms with Crippen LogP contribution >= 0.6 is 0 Å². The number of ether oxygens (including phenoxy) is 2. The van der Waals surface area contributed by atoms with Crippen LogP contribution in [0.4, 0.5) is 0 Å². The fourth-order valence-corrected chi connectivity index (χ4v) is 7.87. The highest BCUT2D eigenvalue weighted by molar-refractivity contribution is 5.76. The van der Waals surface area contributed by atoms with Crippen molar-refractivity contribution in [2.24, 2.45) is 0 Å². The molecule has 0 radical (unpaired) electrons. The van der Waals surface area contributed by atoms with E-state index in [0.717, 1.165) is 57.8 Å². The summed E-state index contributed by atoms with van der Waals surface area (Å²) in [6, 6.07) is -0.847. The highest BCUT2D eigenvalue weighted by Gasteiger charge is 2.44. The monoisotopic (exact) mass is 900 g/mol. The first-order valence-electron chi connectivity index (χ1n) is 26.2. The van der Waals surface area contributed by atoms with Gasteiger partial charge < -0.3 is 40.3 Å². The van der Waals surface area contributed by atoms with Gasteiger partial charge in [0.2, 0.25) is 5.91 Å². The van der Waals surface area contributed by atoms with E-state index in [1.807, 2.05) is 6.08 Å². The van der Waals surface area contributed by atoms with E-state index in [0.29, 0.717) is 6.42 Å². The van der Waals surface area contributed by atoms with Crippen molar-refractivity contribution in [3.05, 3.63) is 72.9 Å². The molecule has 0 spiro atoms. The molecule has 7 atom stereocenters. The van der Waals surface area contributed by atoms with Gasteiger partial charge in [-0.3, -0.25) is 4.79 Å². The lowest BCUT2D eigenvalue weighted by Gasteiger charge is -2.40. The third-order valence-electron chi connectivity index (χ3n) is 12.0. The Morgan fingerprint density at radius 3 is 1.50 bits per heavy atom. The Balaban J connectivity index is 2.30. The maximum Gasteiger partial charge on any atom is 0.220 e. The molecule has 1 heterocycles. The van der Waals surface area contributed by atoms with Crippen molar-refractivity contribution in [1.82, 2.24) is 5.32 Å². The Hall–Kier alpha value is -2.37. The Bertz CT molecular complexity index is 1230. The van der Waals surface area contributed by atoms with Crippen molar-refractivity contribution in [2.75, 3.05) is 13.2 Å². The molecule has 1 amide bonds. The fourth-order valence-electron chi connectivity index (χ4n) is 7.87. The number of hydrogen-bond donors (Lipinski definition) is 6. The molecular formula is C55H97NO8. The molecule has 1 rings (SSSR count). The first-order chi connectivity index (χ1) is 31.3. The minimum absolute atomic E-state index is 0.221. The Labute approximate surface area is 391 Å². The van der Waals surface area contributed by atoms with Gasteiger partial charge in [-0.1, -0.05) is 209 Å². The predicted octanol–water partition coefficient (Wildman–Crippen LogP) is 12.1. The molecule has 1 saturated heterocycles. The van der Waals surface area contributed by atoms with Crippen LogP contribution in [0.5, 0.6) is 0 Å². The number of rotatable bonds is 43. The van der Waals surface area contributed by atoms with Crippen molar-refractivity contribution in [3.8, 4) is 0 Å². The van der Waals surface area contributed by atoms with E-state index in [1.165, 1.54) is 128 Å². The van der Waals surface area contributed by atoms with E-state index in [9.17, 15) is 30.3 Å². The normalized spacial score (nSPS) is 20.6. The van der Waals surface area contributed by atoms with Gasteiger partial charge in [0.25, 0.3) is 0 Å². The number of unbranched alkanes of at least 4 members (excludes halogenated alkanes) is 23. The van der Waals surface area contributed by atoms with Gasteiger partial charge >= 0.3 is 0 Å². The third kappa shape index (κ3) is 34.0. The number of carbonyl (C=O) groups is 1. The average molecular weight is 900 g/mol. The molecule has 0 aromatic rings. The molecule has 0 aromatic heterocycles. The van der Waals surface area contributed by atoms with Gasteiger partial charge in [-0.05, 0) is 70.6 Å². The molecule has 6 N–H and O–H groups in total. The van der Waals surface area contributed by atoms with Crippen LogP contribution in [0.3, 0.4) is 0 Å². The highest BCUT2D eigenvalue weighted by Crippen LogP contribution is 2.23.